The lowest BCUT2D eigenvalue weighted by atomic mass is 10.2. The summed E-state index contributed by atoms with van der Waals surface area (Å²) in [4.78, 5) is 24.9. The first-order chi connectivity index (χ1) is 11.2. The zero-order chi connectivity index (χ0) is 16.1. The molecule has 23 heavy (non-hydrogen) atoms. The maximum absolute atomic E-state index is 12.0. The molecule has 7 heteroatoms. The molecule has 1 fully saturated rings. The van der Waals surface area contributed by atoms with Gasteiger partial charge >= 0.3 is 6.09 Å². The van der Waals surface area contributed by atoms with Crippen LogP contribution in [0.3, 0.4) is 0 Å². The molecule has 2 amide bonds. The SMILES string of the molecule is O=C(NN1CC(COCc2cccs2)OC1=O)c1ccccc1. The normalized spacial score (nSPS) is 17.1. The Bertz CT molecular complexity index is 660. The van der Waals surface area contributed by atoms with Gasteiger partial charge in [0.2, 0.25) is 0 Å². The fourth-order valence-corrected chi connectivity index (χ4v) is 2.80. The van der Waals surface area contributed by atoms with E-state index in [4.69, 9.17) is 9.47 Å². The number of carbonyl (C=O) groups excluding carboxylic acids is 2. The Labute approximate surface area is 137 Å². The van der Waals surface area contributed by atoms with Crippen LogP contribution < -0.4 is 5.43 Å². The number of thiophene rings is 1. The smallest absolute Gasteiger partial charge is 0.429 e. The highest BCUT2D eigenvalue weighted by molar-refractivity contribution is 7.09. The quantitative estimate of drug-likeness (QED) is 0.882. The van der Waals surface area contributed by atoms with E-state index in [-0.39, 0.29) is 12.5 Å². The Balaban J connectivity index is 1.46. The second kappa shape index (κ2) is 7.26. The molecule has 1 unspecified atom stereocenters. The Morgan fingerprint density at radius 2 is 2.13 bits per heavy atom. The molecule has 0 bridgehead atoms. The zero-order valence-electron chi connectivity index (χ0n) is 12.3. The summed E-state index contributed by atoms with van der Waals surface area (Å²) in [6, 6.07) is 12.6. The van der Waals surface area contributed by atoms with Crippen molar-refractivity contribution in [1.29, 1.82) is 0 Å². The molecule has 1 aromatic carbocycles. The number of cyclic esters (lactones) is 1. The summed E-state index contributed by atoms with van der Waals surface area (Å²) in [6.45, 7) is 1.05. The van der Waals surface area contributed by atoms with Gasteiger partial charge in [-0.25, -0.2) is 9.80 Å². The number of hydrazine groups is 1. The van der Waals surface area contributed by atoms with Crippen molar-refractivity contribution in [1.82, 2.24) is 10.4 Å². The first kappa shape index (κ1) is 15.5. The van der Waals surface area contributed by atoms with Crippen LogP contribution in [0.4, 0.5) is 4.79 Å². The Kier molecular flexibility index (Phi) is 4.89. The van der Waals surface area contributed by atoms with E-state index in [0.29, 0.717) is 18.8 Å². The number of nitrogens with one attached hydrogen (secondary N) is 1. The Morgan fingerprint density at radius 3 is 2.87 bits per heavy atom. The van der Waals surface area contributed by atoms with Crippen LogP contribution in [0.2, 0.25) is 0 Å². The lowest BCUT2D eigenvalue weighted by Crippen LogP contribution is -2.43. The molecule has 3 rings (SSSR count). The van der Waals surface area contributed by atoms with Gasteiger partial charge in [0.15, 0.2) is 0 Å². The van der Waals surface area contributed by atoms with E-state index in [1.54, 1.807) is 35.6 Å². The van der Waals surface area contributed by atoms with Crippen LogP contribution in [0.25, 0.3) is 0 Å². The maximum Gasteiger partial charge on any atom is 0.429 e. The zero-order valence-corrected chi connectivity index (χ0v) is 13.1. The molecule has 6 nitrogen and oxygen atoms in total. The number of nitrogens with zero attached hydrogens (tertiary/aromatic N) is 1. The summed E-state index contributed by atoms with van der Waals surface area (Å²) in [5.74, 6) is -0.345. The van der Waals surface area contributed by atoms with Gasteiger partial charge in [-0.3, -0.25) is 10.2 Å². The number of benzene rings is 1. The average molecular weight is 332 g/mol. The molecule has 1 aliphatic rings. The van der Waals surface area contributed by atoms with Crippen LogP contribution in [0.1, 0.15) is 15.2 Å². The third-order valence-corrected chi connectivity index (χ3v) is 4.12. The summed E-state index contributed by atoms with van der Waals surface area (Å²) in [5, 5.41) is 3.16. The van der Waals surface area contributed by atoms with Gasteiger partial charge in [0.1, 0.15) is 6.10 Å². The molecule has 1 saturated heterocycles. The molecular weight excluding hydrogens is 316 g/mol. The topological polar surface area (TPSA) is 67.9 Å². The van der Waals surface area contributed by atoms with Crippen molar-refractivity contribution in [2.75, 3.05) is 13.2 Å². The van der Waals surface area contributed by atoms with E-state index in [9.17, 15) is 9.59 Å². The van der Waals surface area contributed by atoms with Gasteiger partial charge in [0, 0.05) is 10.4 Å². The van der Waals surface area contributed by atoms with Crippen molar-refractivity contribution >= 4 is 23.3 Å². The molecule has 1 N–H and O–H groups in total. The molecule has 2 aromatic rings. The van der Waals surface area contributed by atoms with Gasteiger partial charge in [0.25, 0.3) is 5.91 Å². The standard InChI is InChI=1S/C16H16N2O4S/c19-15(12-5-2-1-3-6-12)17-18-9-13(22-16(18)20)10-21-11-14-7-4-8-23-14/h1-8,13H,9-11H2,(H,17,19). The minimum atomic E-state index is -0.570. The summed E-state index contributed by atoms with van der Waals surface area (Å²) in [6.07, 6.45) is -0.961. The number of hydrogen-bond donors (Lipinski definition) is 1. The molecule has 1 aliphatic heterocycles. The van der Waals surface area contributed by atoms with Crippen LogP contribution in [0.15, 0.2) is 47.8 Å². The van der Waals surface area contributed by atoms with Crippen LogP contribution in [0.5, 0.6) is 0 Å². The van der Waals surface area contributed by atoms with E-state index in [2.05, 4.69) is 5.43 Å². The molecule has 2 heterocycles. The summed E-state index contributed by atoms with van der Waals surface area (Å²) in [7, 11) is 0. The van der Waals surface area contributed by atoms with Crippen LogP contribution in [-0.2, 0) is 16.1 Å². The van der Waals surface area contributed by atoms with Gasteiger partial charge in [-0.05, 0) is 23.6 Å². The molecule has 0 spiro atoms. The van der Waals surface area contributed by atoms with Crippen LogP contribution in [0, 0.1) is 0 Å². The molecule has 1 aromatic heterocycles. The minimum Gasteiger partial charge on any atom is -0.440 e. The second-order valence-corrected chi connectivity index (χ2v) is 6.05. The largest absolute Gasteiger partial charge is 0.440 e. The lowest BCUT2D eigenvalue weighted by Gasteiger charge is -2.14. The predicted molar refractivity (Wildman–Crippen MR) is 84.9 cm³/mol. The van der Waals surface area contributed by atoms with E-state index in [1.165, 1.54) is 5.01 Å². The summed E-state index contributed by atoms with van der Waals surface area (Å²) in [5.41, 5.74) is 3.03. The van der Waals surface area contributed by atoms with Gasteiger partial charge < -0.3 is 9.47 Å². The number of hydrogen-bond acceptors (Lipinski definition) is 5. The first-order valence-corrected chi connectivity index (χ1v) is 8.04. The highest BCUT2D eigenvalue weighted by atomic mass is 32.1. The lowest BCUT2D eigenvalue weighted by molar-refractivity contribution is 0.0391. The number of carbonyl (C=O) groups is 2. The van der Waals surface area contributed by atoms with Gasteiger partial charge in [-0.1, -0.05) is 24.3 Å². The van der Waals surface area contributed by atoms with Gasteiger partial charge in [-0.2, -0.15) is 0 Å². The van der Waals surface area contributed by atoms with Crippen molar-refractivity contribution in [3.05, 3.63) is 58.3 Å². The first-order valence-electron chi connectivity index (χ1n) is 7.16. The maximum atomic E-state index is 12.0. The number of ether oxygens (including phenoxy) is 2. The van der Waals surface area contributed by atoms with E-state index < -0.39 is 12.2 Å². The highest BCUT2D eigenvalue weighted by Gasteiger charge is 2.32. The Morgan fingerprint density at radius 1 is 1.30 bits per heavy atom. The molecule has 1 atom stereocenters. The summed E-state index contributed by atoms with van der Waals surface area (Å²) >= 11 is 1.61. The third kappa shape index (κ3) is 4.08. The van der Waals surface area contributed by atoms with Gasteiger partial charge in [-0.15, -0.1) is 11.3 Å². The Hall–Kier alpha value is -2.38. The van der Waals surface area contributed by atoms with Crippen molar-refractivity contribution < 1.29 is 19.1 Å². The molecule has 0 saturated carbocycles. The molecule has 0 aliphatic carbocycles. The van der Waals surface area contributed by atoms with E-state index in [0.717, 1.165) is 4.88 Å². The fraction of sp³-hybridized carbons (Fsp3) is 0.250. The highest BCUT2D eigenvalue weighted by Crippen LogP contribution is 2.13. The average Bonchev–Trinajstić information content (AvgIpc) is 3.19. The van der Waals surface area contributed by atoms with Crippen LogP contribution in [-0.4, -0.2) is 36.3 Å². The van der Waals surface area contributed by atoms with Crippen molar-refractivity contribution in [3.8, 4) is 0 Å². The van der Waals surface area contributed by atoms with Crippen molar-refractivity contribution in [3.63, 3.8) is 0 Å². The number of rotatable bonds is 6. The number of amides is 2. The fourth-order valence-electron chi connectivity index (χ4n) is 2.16. The molecular formula is C16H16N2O4S. The van der Waals surface area contributed by atoms with Crippen molar-refractivity contribution in [2.45, 2.75) is 12.7 Å². The van der Waals surface area contributed by atoms with Gasteiger partial charge in [0.05, 0.1) is 19.8 Å². The second-order valence-electron chi connectivity index (χ2n) is 5.02. The summed E-state index contributed by atoms with van der Waals surface area (Å²) < 4.78 is 10.7. The third-order valence-electron chi connectivity index (χ3n) is 3.27. The minimum absolute atomic E-state index is 0.266. The van der Waals surface area contributed by atoms with E-state index in [1.807, 2.05) is 23.6 Å². The van der Waals surface area contributed by atoms with E-state index >= 15 is 0 Å². The molecule has 120 valence electrons. The molecule has 0 radical (unpaired) electrons. The van der Waals surface area contributed by atoms with Crippen molar-refractivity contribution in [2.24, 2.45) is 0 Å². The monoisotopic (exact) mass is 332 g/mol. The predicted octanol–water partition coefficient (Wildman–Crippen LogP) is 2.43. The van der Waals surface area contributed by atoms with Crippen LogP contribution >= 0.6 is 11.3 Å².